The molecule has 1 saturated heterocycles. The largest absolute Gasteiger partial charge is 0.351 e. The number of aryl methyl sites for hydroxylation is 1. The molecule has 160 valence electrons. The van der Waals surface area contributed by atoms with Crippen LogP contribution < -0.4 is 10.6 Å². The van der Waals surface area contributed by atoms with Gasteiger partial charge in [0.25, 0.3) is 11.8 Å². The zero-order valence-corrected chi connectivity index (χ0v) is 18.6. The molecule has 0 saturated carbocycles. The van der Waals surface area contributed by atoms with Crippen LogP contribution in [0.25, 0.3) is 0 Å². The standard InChI is InChI=1S/C22H26ClN3O3S/c1-15-14-18(25-21(28)16-8-4-5-9-17(16)23)30-20(15)22(29)24-11-10-19(27)26-12-6-2-3-7-13-26/h4-5,8-9,14H,2-3,6-7,10-13H2,1H3,(H,24,29)(H,25,28). The summed E-state index contributed by atoms with van der Waals surface area (Å²) in [6.45, 7) is 3.74. The molecule has 0 bridgehead atoms. The molecule has 0 atom stereocenters. The Morgan fingerprint density at radius 1 is 1.07 bits per heavy atom. The maximum Gasteiger partial charge on any atom is 0.261 e. The molecule has 1 fully saturated rings. The molecule has 0 spiro atoms. The fraction of sp³-hybridized carbons (Fsp3) is 0.409. The first-order valence-corrected chi connectivity index (χ1v) is 11.4. The van der Waals surface area contributed by atoms with Crippen molar-refractivity contribution in [3.05, 3.63) is 51.4 Å². The fourth-order valence-corrected chi connectivity index (χ4v) is 4.64. The normalized spacial score (nSPS) is 14.1. The number of thiophene rings is 1. The van der Waals surface area contributed by atoms with E-state index in [9.17, 15) is 14.4 Å². The number of hydrogen-bond donors (Lipinski definition) is 2. The number of hydrogen-bond acceptors (Lipinski definition) is 4. The first-order valence-electron chi connectivity index (χ1n) is 10.2. The molecule has 0 aliphatic carbocycles. The molecule has 2 heterocycles. The molecule has 1 aliphatic rings. The van der Waals surface area contributed by atoms with E-state index in [4.69, 9.17) is 11.6 Å². The van der Waals surface area contributed by atoms with Crippen LogP contribution in [-0.4, -0.2) is 42.3 Å². The second-order valence-electron chi connectivity index (χ2n) is 7.36. The molecule has 0 unspecified atom stereocenters. The molecule has 2 N–H and O–H groups in total. The number of amides is 3. The number of nitrogens with zero attached hydrogens (tertiary/aromatic N) is 1. The van der Waals surface area contributed by atoms with Gasteiger partial charge in [-0.3, -0.25) is 14.4 Å². The molecule has 3 rings (SSSR count). The summed E-state index contributed by atoms with van der Waals surface area (Å²) in [6, 6.07) is 8.56. The number of carbonyl (C=O) groups excluding carboxylic acids is 3. The Bertz CT molecular complexity index is 920. The van der Waals surface area contributed by atoms with Crippen LogP contribution in [0.1, 0.15) is 57.7 Å². The van der Waals surface area contributed by atoms with E-state index in [0.29, 0.717) is 33.4 Å². The summed E-state index contributed by atoms with van der Waals surface area (Å²) in [5.41, 5.74) is 1.15. The van der Waals surface area contributed by atoms with Crippen molar-refractivity contribution in [3.63, 3.8) is 0 Å². The van der Waals surface area contributed by atoms with Crippen molar-refractivity contribution in [2.24, 2.45) is 0 Å². The minimum absolute atomic E-state index is 0.0905. The predicted molar refractivity (Wildman–Crippen MR) is 120 cm³/mol. The maximum atomic E-state index is 12.5. The average molecular weight is 448 g/mol. The van der Waals surface area contributed by atoms with Crippen LogP contribution in [0.4, 0.5) is 5.00 Å². The third kappa shape index (κ3) is 5.83. The van der Waals surface area contributed by atoms with E-state index >= 15 is 0 Å². The zero-order valence-electron chi connectivity index (χ0n) is 17.0. The van der Waals surface area contributed by atoms with Gasteiger partial charge in [-0.15, -0.1) is 11.3 Å². The maximum absolute atomic E-state index is 12.5. The predicted octanol–water partition coefficient (Wildman–Crippen LogP) is 4.48. The van der Waals surface area contributed by atoms with E-state index in [1.165, 1.54) is 24.2 Å². The van der Waals surface area contributed by atoms with Gasteiger partial charge < -0.3 is 15.5 Å². The van der Waals surface area contributed by atoms with Crippen molar-refractivity contribution >= 4 is 45.7 Å². The summed E-state index contributed by atoms with van der Waals surface area (Å²) in [5.74, 6) is -0.468. The van der Waals surface area contributed by atoms with Crippen molar-refractivity contribution in [2.75, 3.05) is 25.0 Å². The van der Waals surface area contributed by atoms with Gasteiger partial charge in [-0.2, -0.15) is 0 Å². The molecule has 2 aromatic rings. The van der Waals surface area contributed by atoms with Crippen LogP contribution in [0.15, 0.2) is 30.3 Å². The van der Waals surface area contributed by atoms with Gasteiger partial charge in [0.15, 0.2) is 0 Å². The fourth-order valence-electron chi connectivity index (χ4n) is 3.44. The minimum Gasteiger partial charge on any atom is -0.351 e. The van der Waals surface area contributed by atoms with Crippen molar-refractivity contribution in [1.82, 2.24) is 10.2 Å². The van der Waals surface area contributed by atoms with Gasteiger partial charge in [0, 0.05) is 26.1 Å². The first kappa shape index (κ1) is 22.3. The number of anilines is 1. The van der Waals surface area contributed by atoms with Crippen molar-refractivity contribution < 1.29 is 14.4 Å². The van der Waals surface area contributed by atoms with Gasteiger partial charge in [0.2, 0.25) is 5.91 Å². The van der Waals surface area contributed by atoms with Gasteiger partial charge in [0.1, 0.15) is 0 Å². The summed E-state index contributed by atoms with van der Waals surface area (Å²) in [7, 11) is 0. The lowest BCUT2D eigenvalue weighted by Crippen LogP contribution is -2.35. The Hall–Kier alpha value is -2.38. The summed E-state index contributed by atoms with van der Waals surface area (Å²) in [6.07, 6.45) is 4.75. The lowest BCUT2D eigenvalue weighted by Gasteiger charge is -2.20. The molecule has 1 aromatic carbocycles. The van der Waals surface area contributed by atoms with Crippen LogP contribution in [0.2, 0.25) is 5.02 Å². The Balaban J connectivity index is 1.53. The van der Waals surface area contributed by atoms with E-state index in [2.05, 4.69) is 10.6 Å². The van der Waals surface area contributed by atoms with Crippen LogP contribution in [0.3, 0.4) is 0 Å². The van der Waals surface area contributed by atoms with E-state index in [-0.39, 0.29) is 17.7 Å². The summed E-state index contributed by atoms with van der Waals surface area (Å²) >= 11 is 7.27. The van der Waals surface area contributed by atoms with Crippen LogP contribution in [-0.2, 0) is 4.79 Å². The van der Waals surface area contributed by atoms with E-state index in [1.807, 2.05) is 11.8 Å². The van der Waals surface area contributed by atoms with Gasteiger partial charge in [0.05, 0.1) is 20.5 Å². The van der Waals surface area contributed by atoms with Gasteiger partial charge in [-0.25, -0.2) is 0 Å². The molecular weight excluding hydrogens is 422 g/mol. The number of benzene rings is 1. The highest BCUT2D eigenvalue weighted by Crippen LogP contribution is 2.27. The monoisotopic (exact) mass is 447 g/mol. The molecular formula is C22H26ClN3O3S. The van der Waals surface area contributed by atoms with Crippen molar-refractivity contribution in [3.8, 4) is 0 Å². The first-order chi connectivity index (χ1) is 14.5. The third-order valence-corrected chi connectivity index (χ3v) is 6.54. The van der Waals surface area contributed by atoms with Crippen LogP contribution >= 0.6 is 22.9 Å². The second-order valence-corrected chi connectivity index (χ2v) is 8.82. The highest BCUT2D eigenvalue weighted by Gasteiger charge is 2.18. The number of likely N-dealkylation sites (tertiary alicyclic amines) is 1. The molecule has 8 heteroatoms. The zero-order chi connectivity index (χ0) is 21.5. The minimum atomic E-state index is -0.322. The highest BCUT2D eigenvalue weighted by atomic mass is 35.5. The summed E-state index contributed by atoms with van der Waals surface area (Å²) in [4.78, 5) is 39.7. The van der Waals surface area contributed by atoms with Gasteiger partial charge >= 0.3 is 0 Å². The quantitative estimate of drug-likeness (QED) is 0.685. The van der Waals surface area contributed by atoms with E-state index in [1.54, 1.807) is 30.3 Å². The second kappa shape index (κ2) is 10.6. The summed E-state index contributed by atoms with van der Waals surface area (Å²) < 4.78 is 0. The smallest absolute Gasteiger partial charge is 0.261 e. The SMILES string of the molecule is Cc1cc(NC(=O)c2ccccc2Cl)sc1C(=O)NCCC(=O)N1CCCCCC1. The molecule has 6 nitrogen and oxygen atoms in total. The number of carbonyl (C=O) groups is 3. The average Bonchev–Trinajstić information content (AvgIpc) is 2.92. The lowest BCUT2D eigenvalue weighted by atomic mass is 10.2. The molecule has 3 amide bonds. The van der Waals surface area contributed by atoms with Gasteiger partial charge in [-0.05, 0) is 43.5 Å². The summed E-state index contributed by atoms with van der Waals surface area (Å²) in [5, 5.41) is 6.56. The van der Waals surface area contributed by atoms with Crippen molar-refractivity contribution in [1.29, 1.82) is 0 Å². The Morgan fingerprint density at radius 2 is 1.77 bits per heavy atom. The van der Waals surface area contributed by atoms with Crippen LogP contribution in [0.5, 0.6) is 0 Å². The van der Waals surface area contributed by atoms with Gasteiger partial charge in [-0.1, -0.05) is 36.6 Å². The molecule has 0 radical (unpaired) electrons. The topological polar surface area (TPSA) is 78.5 Å². The van der Waals surface area contributed by atoms with Crippen molar-refractivity contribution in [2.45, 2.75) is 39.0 Å². The molecule has 1 aromatic heterocycles. The number of rotatable bonds is 6. The van der Waals surface area contributed by atoms with E-state index < -0.39 is 0 Å². The lowest BCUT2D eigenvalue weighted by molar-refractivity contribution is -0.131. The highest BCUT2D eigenvalue weighted by molar-refractivity contribution is 7.18. The number of halogens is 1. The Labute approximate surface area is 185 Å². The van der Waals surface area contributed by atoms with E-state index in [0.717, 1.165) is 31.5 Å². The molecule has 1 aliphatic heterocycles. The Morgan fingerprint density at radius 3 is 2.47 bits per heavy atom. The molecule has 30 heavy (non-hydrogen) atoms. The Kier molecular flexibility index (Phi) is 7.87. The van der Waals surface area contributed by atoms with Crippen LogP contribution in [0, 0.1) is 6.92 Å². The number of nitrogens with one attached hydrogen (secondary N) is 2. The third-order valence-electron chi connectivity index (χ3n) is 5.06.